The van der Waals surface area contributed by atoms with E-state index in [0.29, 0.717) is 18.0 Å². The third kappa shape index (κ3) is 3.47. The van der Waals surface area contributed by atoms with Crippen molar-refractivity contribution in [2.24, 2.45) is 0 Å². The lowest BCUT2D eigenvalue weighted by Crippen LogP contribution is -2.48. The van der Waals surface area contributed by atoms with E-state index in [9.17, 15) is 9.59 Å². The van der Waals surface area contributed by atoms with Gasteiger partial charge in [0.05, 0.1) is 6.42 Å². The maximum Gasteiger partial charge on any atom is 0.326 e. The number of halogens is 1. The second-order valence-electron chi connectivity index (χ2n) is 4.74. The maximum absolute atomic E-state index is 12.2. The van der Waals surface area contributed by atoms with Crippen LogP contribution in [-0.2, 0) is 16.0 Å². The van der Waals surface area contributed by atoms with Gasteiger partial charge in [0.2, 0.25) is 5.91 Å². The fraction of sp³-hybridized carbons (Fsp3) is 0.429. The standard InChI is InChI=1S/C14H16ClNO3/c15-11-6-4-10(5-7-11)9-13(17)16-8-2-1-3-12(16)14(18)19/h4-7,12H,1-3,8-9H2,(H,18,19)/t12-/m0/s1. The van der Waals surface area contributed by atoms with E-state index in [1.165, 1.54) is 4.90 Å². The molecule has 19 heavy (non-hydrogen) atoms. The van der Waals surface area contributed by atoms with Gasteiger partial charge in [-0.3, -0.25) is 4.79 Å². The summed E-state index contributed by atoms with van der Waals surface area (Å²) in [4.78, 5) is 24.8. The van der Waals surface area contributed by atoms with Crippen molar-refractivity contribution >= 4 is 23.5 Å². The molecule has 0 unspecified atom stereocenters. The number of aliphatic carboxylic acids is 1. The second-order valence-corrected chi connectivity index (χ2v) is 5.18. The van der Waals surface area contributed by atoms with Crippen LogP contribution in [-0.4, -0.2) is 34.5 Å². The molecule has 2 rings (SSSR count). The van der Waals surface area contributed by atoms with E-state index in [1.54, 1.807) is 24.3 Å². The molecule has 1 saturated heterocycles. The molecule has 0 spiro atoms. The number of carboxylic acid groups (broad SMARTS) is 1. The lowest BCUT2D eigenvalue weighted by atomic mass is 10.0. The predicted octanol–water partition coefficient (Wildman–Crippen LogP) is 2.35. The summed E-state index contributed by atoms with van der Waals surface area (Å²) >= 11 is 5.79. The summed E-state index contributed by atoms with van der Waals surface area (Å²) in [5, 5.41) is 9.77. The van der Waals surface area contributed by atoms with E-state index in [-0.39, 0.29) is 12.3 Å². The summed E-state index contributed by atoms with van der Waals surface area (Å²) in [5.41, 5.74) is 0.851. The molecule has 102 valence electrons. The first kappa shape index (κ1) is 13.9. The maximum atomic E-state index is 12.2. The molecule has 1 fully saturated rings. The zero-order valence-corrected chi connectivity index (χ0v) is 11.3. The van der Waals surface area contributed by atoms with E-state index in [2.05, 4.69) is 0 Å². The van der Waals surface area contributed by atoms with Crippen LogP contribution in [0.4, 0.5) is 0 Å². The highest BCUT2D eigenvalue weighted by molar-refractivity contribution is 6.30. The van der Waals surface area contributed by atoms with E-state index >= 15 is 0 Å². The summed E-state index contributed by atoms with van der Waals surface area (Å²) < 4.78 is 0. The fourth-order valence-electron chi connectivity index (χ4n) is 2.37. The largest absolute Gasteiger partial charge is 0.480 e. The number of likely N-dealkylation sites (tertiary alicyclic amines) is 1. The Labute approximate surface area is 117 Å². The molecule has 4 nitrogen and oxygen atoms in total. The Morgan fingerprint density at radius 3 is 2.58 bits per heavy atom. The topological polar surface area (TPSA) is 57.6 Å². The molecule has 0 radical (unpaired) electrons. The van der Waals surface area contributed by atoms with Crippen molar-refractivity contribution in [3.8, 4) is 0 Å². The lowest BCUT2D eigenvalue weighted by molar-refractivity contribution is -0.151. The summed E-state index contributed by atoms with van der Waals surface area (Å²) in [5.74, 6) is -1.04. The Kier molecular flexibility index (Phi) is 4.43. The minimum Gasteiger partial charge on any atom is -0.480 e. The highest BCUT2D eigenvalue weighted by atomic mass is 35.5. The van der Waals surface area contributed by atoms with E-state index in [1.807, 2.05) is 0 Å². The first-order chi connectivity index (χ1) is 9.08. The highest BCUT2D eigenvalue weighted by Gasteiger charge is 2.31. The second kappa shape index (κ2) is 6.06. The molecule has 1 heterocycles. The number of carbonyl (C=O) groups excluding carboxylic acids is 1. The average molecular weight is 282 g/mol. The molecular weight excluding hydrogens is 266 g/mol. The van der Waals surface area contributed by atoms with Gasteiger partial charge in [-0.15, -0.1) is 0 Å². The van der Waals surface area contributed by atoms with Crippen LogP contribution in [0.1, 0.15) is 24.8 Å². The van der Waals surface area contributed by atoms with Crippen molar-refractivity contribution in [3.63, 3.8) is 0 Å². The van der Waals surface area contributed by atoms with Crippen molar-refractivity contribution < 1.29 is 14.7 Å². The molecule has 0 aliphatic carbocycles. The van der Waals surface area contributed by atoms with Gasteiger partial charge in [-0.2, -0.15) is 0 Å². The molecule has 1 aliphatic rings. The Balaban J connectivity index is 2.05. The number of benzene rings is 1. The van der Waals surface area contributed by atoms with Gasteiger partial charge >= 0.3 is 5.97 Å². The molecule has 5 heteroatoms. The van der Waals surface area contributed by atoms with Gasteiger partial charge in [0, 0.05) is 11.6 Å². The molecule has 1 atom stereocenters. The Morgan fingerprint density at radius 2 is 1.95 bits per heavy atom. The van der Waals surface area contributed by atoms with Crippen LogP contribution in [0.3, 0.4) is 0 Å². The molecule has 0 bridgehead atoms. The Morgan fingerprint density at radius 1 is 1.26 bits per heavy atom. The van der Waals surface area contributed by atoms with Gasteiger partial charge in [-0.1, -0.05) is 23.7 Å². The quantitative estimate of drug-likeness (QED) is 0.925. The van der Waals surface area contributed by atoms with E-state index in [4.69, 9.17) is 16.7 Å². The highest BCUT2D eigenvalue weighted by Crippen LogP contribution is 2.19. The fourth-order valence-corrected chi connectivity index (χ4v) is 2.49. The number of carbonyl (C=O) groups is 2. The van der Waals surface area contributed by atoms with Crippen LogP contribution in [0, 0.1) is 0 Å². The van der Waals surface area contributed by atoms with Gasteiger partial charge < -0.3 is 10.0 Å². The lowest BCUT2D eigenvalue weighted by Gasteiger charge is -2.33. The summed E-state index contributed by atoms with van der Waals surface area (Å²) in [7, 11) is 0. The number of piperidine rings is 1. The molecule has 1 amide bonds. The number of hydrogen-bond donors (Lipinski definition) is 1. The van der Waals surface area contributed by atoms with Gasteiger partial charge in [0.1, 0.15) is 6.04 Å². The van der Waals surface area contributed by atoms with Crippen molar-refractivity contribution in [1.82, 2.24) is 4.90 Å². The Hall–Kier alpha value is -1.55. The average Bonchev–Trinajstić information content (AvgIpc) is 2.41. The van der Waals surface area contributed by atoms with E-state index in [0.717, 1.165) is 18.4 Å². The van der Waals surface area contributed by atoms with E-state index < -0.39 is 12.0 Å². The molecule has 1 aromatic carbocycles. The number of nitrogens with zero attached hydrogens (tertiary/aromatic N) is 1. The summed E-state index contributed by atoms with van der Waals surface area (Å²) in [6.45, 7) is 0.531. The third-order valence-corrected chi connectivity index (χ3v) is 3.63. The first-order valence-corrected chi connectivity index (χ1v) is 6.72. The molecular formula is C14H16ClNO3. The minimum atomic E-state index is -0.913. The van der Waals surface area contributed by atoms with Crippen LogP contribution in [0.25, 0.3) is 0 Å². The predicted molar refractivity (Wildman–Crippen MR) is 72.1 cm³/mol. The SMILES string of the molecule is O=C(O)[C@@H]1CCCCN1C(=O)Cc1ccc(Cl)cc1. The molecule has 1 N–H and O–H groups in total. The molecule has 1 aliphatic heterocycles. The molecule has 1 aromatic rings. The third-order valence-electron chi connectivity index (χ3n) is 3.38. The van der Waals surface area contributed by atoms with Crippen molar-refractivity contribution in [1.29, 1.82) is 0 Å². The monoisotopic (exact) mass is 281 g/mol. The van der Waals surface area contributed by atoms with Gasteiger partial charge in [-0.25, -0.2) is 4.79 Å². The van der Waals surface area contributed by atoms with Crippen LogP contribution in [0.2, 0.25) is 5.02 Å². The molecule has 0 saturated carbocycles. The van der Waals surface area contributed by atoms with Crippen molar-refractivity contribution in [2.75, 3.05) is 6.54 Å². The van der Waals surface area contributed by atoms with Gasteiger partial charge in [-0.05, 0) is 37.0 Å². The number of carboxylic acids is 1. The number of rotatable bonds is 3. The number of amides is 1. The van der Waals surface area contributed by atoms with Crippen LogP contribution in [0.15, 0.2) is 24.3 Å². The summed E-state index contributed by atoms with van der Waals surface area (Å²) in [6.07, 6.45) is 2.50. The normalized spacial score (nSPS) is 19.2. The first-order valence-electron chi connectivity index (χ1n) is 6.34. The smallest absolute Gasteiger partial charge is 0.326 e. The van der Waals surface area contributed by atoms with Crippen LogP contribution < -0.4 is 0 Å². The van der Waals surface area contributed by atoms with Crippen LogP contribution >= 0.6 is 11.6 Å². The molecule has 0 aromatic heterocycles. The number of hydrogen-bond acceptors (Lipinski definition) is 2. The van der Waals surface area contributed by atoms with Gasteiger partial charge in [0.15, 0.2) is 0 Å². The Bertz CT molecular complexity index is 472. The minimum absolute atomic E-state index is 0.130. The van der Waals surface area contributed by atoms with Gasteiger partial charge in [0.25, 0.3) is 0 Å². The summed E-state index contributed by atoms with van der Waals surface area (Å²) in [6, 6.07) is 6.37. The van der Waals surface area contributed by atoms with Crippen molar-refractivity contribution in [2.45, 2.75) is 31.7 Å². The van der Waals surface area contributed by atoms with Crippen LogP contribution in [0.5, 0.6) is 0 Å². The zero-order valence-electron chi connectivity index (χ0n) is 10.5. The zero-order chi connectivity index (χ0) is 13.8. The van der Waals surface area contributed by atoms with Crippen molar-refractivity contribution in [3.05, 3.63) is 34.9 Å².